The van der Waals surface area contributed by atoms with Crippen molar-refractivity contribution < 1.29 is 0 Å². The van der Waals surface area contributed by atoms with Crippen LogP contribution in [0.2, 0.25) is 0 Å². The highest BCUT2D eigenvalue weighted by Gasteiger charge is 2.17. The molecule has 4 aromatic carbocycles. The highest BCUT2D eigenvalue weighted by atomic mass is 33.1. The van der Waals surface area contributed by atoms with Crippen LogP contribution in [0.15, 0.2) is 135 Å². The summed E-state index contributed by atoms with van der Waals surface area (Å²) in [6.45, 7) is 17.5. The van der Waals surface area contributed by atoms with Crippen LogP contribution in [0.3, 0.4) is 0 Å². The number of aromatic nitrogens is 2. The van der Waals surface area contributed by atoms with E-state index in [1.54, 1.807) is 6.08 Å². The Bertz CT molecular complexity index is 1890. The lowest BCUT2D eigenvalue weighted by molar-refractivity contribution is 1.04. The van der Waals surface area contributed by atoms with E-state index >= 15 is 0 Å². The van der Waals surface area contributed by atoms with Crippen molar-refractivity contribution in [3.05, 3.63) is 158 Å². The van der Waals surface area contributed by atoms with E-state index in [4.69, 9.17) is 0 Å². The third-order valence-corrected chi connectivity index (χ3v) is 7.55. The second-order valence-corrected chi connectivity index (χ2v) is 10.2. The molecule has 2 aromatic heterocycles. The van der Waals surface area contributed by atoms with Gasteiger partial charge >= 0.3 is 0 Å². The van der Waals surface area contributed by atoms with Gasteiger partial charge < -0.3 is 9.13 Å². The molecule has 0 bridgehead atoms. The maximum atomic E-state index is 4.08. The molecule has 6 aromatic rings. The highest BCUT2D eigenvalue weighted by Crippen LogP contribution is 2.34. The molecule has 6 rings (SSSR count). The predicted molar refractivity (Wildman–Crippen MR) is 209 cm³/mol. The van der Waals surface area contributed by atoms with Gasteiger partial charge in [-0.2, -0.15) is 0 Å². The molecule has 0 unspecified atom stereocenters. The van der Waals surface area contributed by atoms with Gasteiger partial charge in [0.2, 0.25) is 0 Å². The van der Waals surface area contributed by atoms with Gasteiger partial charge in [0.05, 0.1) is 22.4 Å². The summed E-state index contributed by atoms with van der Waals surface area (Å²) in [5, 5.41) is 2.55. The number of fused-ring (bicyclic) bond motifs is 3. The Morgan fingerprint density at radius 1 is 0.511 bits per heavy atom. The molecule has 0 aliphatic rings. The zero-order valence-corrected chi connectivity index (χ0v) is 28.0. The number of thiol groups is 2. The summed E-state index contributed by atoms with van der Waals surface area (Å²) in [5.74, 6) is 0. The molecule has 2 heterocycles. The fourth-order valence-electron chi connectivity index (χ4n) is 5.80. The Hall–Kier alpha value is -4.64. The second kappa shape index (κ2) is 15.9. The largest absolute Gasteiger partial charge is 0.309 e. The number of allylic oxidation sites excluding steroid dienone is 3. The molecule has 0 aliphatic carbocycles. The van der Waals surface area contributed by atoms with E-state index in [9.17, 15) is 0 Å². The molecule has 0 spiro atoms. The molecule has 0 fully saturated rings. The molecule has 45 heavy (non-hydrogen) atoms. The van der Waals surface area contributed by atoms with Crippen LogP contribution in [-0.2, 0) is 0 Å². The minimum absolute atomic E-state index is 1.09. The first-order valence-electron chi connectivity index (χ1n) is 14.9. The molecular weight excluding hydrogens is 585 g/mol. The quantitative estimate of drug-likeness (QED) is 0.0994. The summed E-state index contributed by atoms with van der Waals surface area (Å²) in [5.41, 5.74) is 11.4. The van der Waals surface area contributed by atoms with E-state index in [0.717, 1.165) is 33.9 Å². The average molecular weight is 625 g/mol. The summed E-state index contributed by atoms with van der Waals surface area (Å²) >= 11 is 6.44. The van der Waals surface area contributed by atoms with Crippen LogP contribution < -0.4 is 0 Å². The van der Waals surface area contributed by atoms with Crippen LogP contribution >= 0.6 is 23.3 Å². The first-order valence-corrected chi connectivity index (χ1v) is 16.5. The summed E-state index contributed by atoms with van der Waals surface area (Å²) < 4.78 is 4.63. The monoisotopic (exact) mass is 624 g/mol. The van der Waals surface area contributed by atoms with Gasteiger partial charge in [0.25, 0.3) is 0 Å². The van der Waals surface area contributed by atoms with Crippen LogP contribution in [0.1, 0.15) is 43.3 Å². The van der Waals surface area contributed by atoms with Gasteiger partial charge in [-0.3, -0.25) is 0 Å². The number of para-hydroxylation sites is 2. The van der Waals surface area contributed by atoms with Crippen molar-refractivity contribution in [1.29, 1.82) is 0 Å². The standard InChI is InChI=1S/C38H32N2.C3H6.H2S2/c1-5-13-35-31(7-3)32(8-4)36(14-6-2)39(35)29-23-19-27(20-24-29)28-21-25-30(26-22-28)40-37-17-11-9-15-33(37)34-16-10-12-18-38(34)40;1-3-2;1-2/h5-26H,3-4H2,1-2H3;3H,1H2,2H3;1-2H/b13-5-,14-6-;;. The number of hydrogen-bond acceptors (Lipinski definition) is 2. The fraction of sp³-hybridized carbons (Fsp3) is 0.0732. The van der Waals surface area contributed by atoms with Crippen LogP contribution in [-0.4, -0.2) is 9.13 Å². The first kappa shape index (κ1) is 33.3. The highest BCUT2D eigenvalue weighted by molar-refractivity contribution is 8.59. The molecule has 0 N–H and O–H groups in total. The van der Waals surface area contributed by atoms with Crippen molar-refractivity contribution >= 4 is 69.4 Å². The number of nitrogens with zero attached hydrogens (tertiary/aromatic N) is 2. The smallest absolute Gasteiger partial charge is 0.0541 e. The minimum Gasteiger partial charge on any atom is -0.309 e. The molecular formula is C41H40N2S2. The normalized spacial score (nSPS) is 10.9. The van der Waals surface area contributed by atoms with Crippen molar-refractivity contribution in [3.8, 4) is 22.5 Å². The molecule has 0 atom stereocenters. The maximum absolute atomic E-state index is 4.08. The van der Waals surface area contributed by atoms with E-state index in [1.165, 1.54) is 32.9 Å². The Labute approximate surface area is 278 Å². The number of rotatable bonds is 7. The molecule has 0 saturated heterocycles. The van der Waals surface area contributed by atoms with Crippen molar-refractivity contribution in [1.82, 2.24) is 9.13 Å². The van der Waals surface area contributed by atoms with E-state index in [1.807, 2.05) is 32.9 Å². The van der Waals surface area contributed by atoms with Crippen molar-refractivity contribution in [2.24, 2.45) is 0 Å². The third kappa shape index (κ3) is 6.58. The van der Waals surface area contributed by atoms with E-state index < -0.39 is 0 Å². The van der Waals surface area contributed by atoms with Crippen LogP contribution in [0.5, 0.6) is 0 Å². The van der Waals surface area contributed by atoms with Crippen molar-refractivity contribution in [3.63, 3.8) is 0 Å². The average Bonchev–Trinajstić information content (AvgIpc) is 3.58. The van der Waals surface area contributed by atoms with E-state index in [0.29, 0.717) is 0 Å². The lowest BCUT2D eigenvalue weighted by Gasteiger charge is -2.13. The SMILES string of the molecule is C=CC.C=Cc1c(C=C)c(/C=C\C)n(-c2ccc(-c3ccc(-n4c5ccccc5c5ccccc54)cc3)cc2)c1/C=C\C.SS. The van der Waals surface area contributed by atoms with Gasteiger partial charge in [-0.1, -0.05) is 104 Å². The number of hydrogen-bond donors (Lipinski definition) is 2. The number of benzene rings is 4. The lowest BCUT2D eigenvalue weighted by Crippen LogP contribution is -2.00. The summed E-state index contributed by atoms with van der Waals surface area (Å²) in [7, 11) is 0. The van der Waals surface area contributed by atoms with Gasteiger partial charge in [0.1, 0.15) is 0 Å². The van der Waals surface area contributed by atoms with Gasteiger partial charge in [-0.15, -0.1) is 29.9 Å². The van der Waals surface area contributed by atoms with Gasteiger partial charge in [0, 0.05) is 33.3 Å². The van der Waals surface area contributed by atoms with Crippen molar-refractivity contribution in [2.75, 3.05) is 0 Å². The summed E-state index contributed by atoms with van der Waals surface area (Å²) in [6, 6.07) is 34.9. The molecule has 0 aliphatic heterocycles. The van der Waals surface area contributed by atoms with Crippen LogP contribution in [0.25, 0.3) is 68.6 Å². The summed E-state index contributed by atoms with van der Waals surface area (Å²) in [6.07, 6.45) is 14.0. The molecule has 4 heteroatoms. The lowest BCUT2D eigenvalue weighted by atomic mass is 10.0. The van der Waals surface area contributed by atoms with Gasteiger partial charge in [-0.25, -0.2) is 0 Å². The minimum atomic E-state index is 1.09. The Morgan fingerprint density at radius 2 is 0.867 bits per heavy atom. The van der Waals surface area contributed by atoms with Crippen molar-refractivity contribution in [2.45, 2.75) is 20.8 Å². The van der Waals surface area contributed by atoms with Gasteiger partial charge in [0.15, 0.2) is 0 Å². The maximum Gasteiger partial charge on any atom is 0.0541 e. The predicted octanol–water partition coefficient (Wildman–Crippen LogP) is 12.5. The molecule has 0 saturated carbocycles. The molecule has 2 nitrogen and oxygen atoms in total. The zero-order chi connectivity index (χ0) is 32.3. The van der Waals surface area contributed by atoms with Crippen LogP contribution in [0.4, 0.5) is 0 Å². The summed E-state index contributed by atoms with van der Waals surface area (Å²) in [4.78, 5) is 0. The Balaban J connectivity index is 0.000000871. The zero-order valence-electron chi connectivity index (χ0n) is 26.2. The van der Waals surface area contributed by atoms with Gasteiger partial charge in [-0.05, 0) is 80.4 Å². The Kier molecular flexibility index (Phi) is 11.7. The molecule has 226 valence electrons. The molecule has 0 radical (unpaired) electrons. The third-order valence-electron chi connectivity index (χ3n) is 7.55. The van der Waals surface area contributed by atoms with E-state index in [-0.39, 0.29) is 0 Å². The Morgan fingerprint density at radius 3 is 1.22 bits per heavy atom. The molecule has 0 amide bonds. The fourth-order valence-corrected chi connectivity index (χ4v) is 5.80. The topological polar surface area (TPSA) is 9.86 Å². The second-order valence-electron chi connectivity index (χ2n) is 10.2. The van der Waals surface area contributed by atoms with E-state index in [2.05, 4.69) is 174 Å². The van der Waals surface area contributed by atoms with Crippen LogP contribution in [0, 0.1) is 0 Å². The first-order chi connectivity index (χ1) is 22.1.